The Morgan fingerprint density at radius 2 is 1.79 bits per heavy atom. The molecule has 42 heavy (non-hydrogen) atoms. The average Bonchev–Trinajstić information content (AvgIpc) is 3.63. The van der Waals surface area contributed by atoms with Crippen LogP contribution >= 0.6 is 0 Å². The zero-order chi connectivity index (χ0) is 29.5. The van der Waals surface area contributed by atoms with Crippen LogP contribution in [0, 0.1) is 5.92 Å². The number of fused-ring (bicyclic) bond motifs is 1. The van der Waals surface area contributed by atoms with E-state index in [0.29, 0.717) is 38.4 Å². The third kappa shape index (κ3) is 7.59. The van der Waals surface area contributed by atoms with Gasteiger partial charge in [-0.15, -0.1) is 0 Å². The first kappa shape index (κ1) is 30.7. The summed E-state index contributed by atoms with van der Waals surface area (Å²) in [6.45, 7) is 1.20. The zero-order valence-electron chi connectivity index (χ0n) is 23.5. The van der Waals surface area contributed by atoms with Crippen LogP contribution in [-0.2, 0) is 40.2 Å². The molecule has 230 valence electrons. The number of nitrogens with zero attached hydrogens (tertiary/aromatic N) is 1. The molecule has 2 aromatic carbocycles. The van der Waals surface area contributed by atoms with Gasteiger partial charge in [0.2, 0.25) is 0 Å². The lowest BCUT2D eigenvalue weighted by Crippen LogP contribution is -2.52. The van der Waals surface area contributed by atoms with E-state index in [1.54, 1.807) is 12.1 Å². The molecule has 0 aromatic heterocycles. The minimum atomic E-state index is -4.20. The Kier molecular flexibility index (Phi) is 10.3. The summed E-state index contributed by atoms with van der Waals surface area (Å²) in [5, 5.41) is 14.2. The number of hydroxylamine groups is 1. The predicted octanol–water partition coefficient (Wildman–Crippen LogP) is 2.26. The number of carbonyl (C=O) groups is 1. The largest absolute Gasteiger partial charge is 0.497 e. The standard InChI is InChI=1S/C29H38N2O10S/c1-36-21-7-9-23(10-8-21)42(34,35)31(41-22-11-14-37-15-12-22)18-26(32)25(17-20-5-3-2-4-6-20)30-29(33)40-27-19-39-28-24(27)13-16-38-28/h2-10,22,24-28,32H,11-19H2,1H3,(H,30,33)/t24-,25-,26+,27-,28+/m0/s1. The maximum atomic E-state index is 13.8. The summed E-state index contributed by atoms with van der Waals surface area (Å²) < 4.78 is 55.7. The summed E-state index contributed by atoms with van der Waals surface area (Å²) in [6.07, 6.45) is -1.42. The Hall–Kier alpha value is -2.78. The van der Waals surface area contributed by atoms with Crippen LogP contribution in [-0.4, -0.2) is 94.8 Å². The molecule has 0 unspecified atom stereocenters. The Bertz CT molecular complexity index is 1260. The van der Waals surface area contributed by atoms with E-state index in [2.05, 4.69) is 5.32 Å². The molecule has 0 saturated carbocycles. The number of hydrogen-bond acceptors (Lipinski definition) is 10. The SMILES string of the molecule is COc1ccc(S(=O)(=O)N(C[C@@H](O)[C@H](Cc2ccccc2)NC(=O)O[C@H]2CO[C@H]3OCC[C@H]32)OC2CCOCC2)cc1. The Labute approximate surface area is 245 Å². The van der Waals surface area contributed by atoms with Crippen molar-refractivity contribution >= 4 is 16.1 Å². The highest BCUT2D eigenvalue weighted by Crippen LogP contribution is 2.33. The fourth-order valence-corrected chi connectivity index (χ4v) is 6.61. The molecule has 0 aliphatic carbocycles. The van der Waals surface area contributed by atoms with Crippen molar-refractivity contribution in [3.8, 4) is 5.75 Å². The van der Waals surface area contributed by atoms with Gasteiger partial charge >= 0.3 is 6.09 Å². The zero-order valence-corrected chi connectivity index (χ0v) is 24.3. The van der Waals surface area contributed by atoms with Crippen LogP contribution < -0.4 is 10.1 Å². The number of aliphatic hydroxyl groups excluding tert-OH is 1. The number of alkyl carbamates (subject to hydrolysis) is 1. The molecule has 1 amide bonds. The second-order valence-electron chi connectivity index (χ2n) is 10.6. The number of amides is 1. The second-order valence-corrected chi connectivity index (χ2v) is 12.4. The highest BCUT2D eigenvalue weighted by molar-refractivity contribution is 7.89. The van der Waals surface area contributed by atoms with Crippen molar-refractivity contribution in [3.05, 3.63) is 60.2 Å². The van der Waals surface area contributed by atoms with E-state index in [9.17, 15) is 18.3 Å². The molecule has 3 heterocycles. The summed E-state index contributed by atoms with van der Waals surface area (Å²) in [6, 6.07) is 14.3. The van der Waals surface area contributed by atoms with Crippen molar-refractivity contribution in [2.45, 2.75) is 61.2 Å². The summed E-state index contributed by atoms with van der Waals surface area (Å²) in [7, 11) is -2.71. The van der Waals surface area contributed by atoms with Gasteiger partial charge in [-0.3, -0.25) is 4.84 Å². The molecule has 0 spiro atoms. The summed E-state index contributed by atoms with van der Waals surface area (Å²) in [4.78, 5) is 19.0. The van der Waals surface area contributed by atoms with Crippen LogP contribution in [0.3, 0.4) is 0 Å². The van der Waals surface area contributed by atoms with E-state index in [1.807, 2.05) is 30.3 Å². The fourth-order valence-electron chi connectivity index (χ4n) is 5.31. The lowest BCUT2D eigenvalue weighted by Gasteiger charge is -2.32. The Balaban J connectivity index is 1.34. The van der Waals surface area contributed by atoms with Gasteiger partial charge in [0, 0.05) is 13.2 Å². The molecule has 5 atom stereocenters. The average molecular weight is 607 g/mol. The van der Waals surface area contributed by atoms with Crippen LogP contribution in [0.25, 0.3) is 0 Å². The van der Waals surface area contributed by atoms with Gasteiger partial charge in [0.05, 0.1) is 55.9 Å². The molecule has 5 rings (SSSR count). The van der Waals surface area contributed by atoms with Crippen LogP contribution in [0.4, 0.5) is 4.79 Å². The number of sulfonamides is 1. The molecule has 3 aliphatic heterocycles. The van der Waals surface area contributed by atoms with Gasteiger partial charge in [0.1, 0.15) is 11.9 Å². The highest BCUT2D eigenvalue weighted by atomic mass is 32.2. The normalized spacial score (nSPS) is 24.2. The van der Waals surface area contributed by atoms with Crippen molar-refractivity contribution in [2.24, 2.45) is 5.92 Å². The molecule has 2 aromatic rings. The van der Waals surface area contributed by atoms with Crippen molar-refractivity contribution in [2.75, 3.05) is 40.1 Å². The summed E-state index contributed by atoms with van der Waals surface area (Å²) in [5.74, 6) is 0.450. The Morgan fingerprint density at radius 1 is 1.05 bits per heavy atom. The van der Waals surface area contributed by atoms with Gasteiger partial charge in [0.25, 0.3) is 10.0 Å². The number of methoxy groups -OCH3 is 1. The molecular weight excluding hydrogens is 568 g/mol. The number of rotatable bonds is 12. The quantitative estimate of drug-likeness (QED) is 0.346. The van der Waals surface area contributed by atoms with Crippen LogP contribution in [0.1, 0.15) is 24.8 Å². The molecule has 0 radical (unpaired) electrons. The number of ether oxygens (including phenoxy) is 5. The highest BCUT2D eigenvalue weighted by Gasteiger charge is 2.44. The number of aliphatic hydroxyl groups is 1. The topological polar surface area (TPSA) is 142 Å². The first-order valence-corrected chi connectivity index (χ1v) is 15.6. The number of hydrogen-bond donors (Lipinski definition) is 2. The van der Waals surface area contributed by atoms with Crippen LogP contribution in [0.15, 0.2) is 59.5 Å². The van der Waals surface area contributed by atoms with Crippen molar-refractivity contribution in [1.29, 1.82) is 0 Å². The predicted molar refractivity (Wildman–Crippen MR) is 149 cm³/mol. The van der Waals surface area contributed by atoms with Gasteiger partial charge in [-0.2, -0.15) is 0 Å². The first-order valence-electron chi connectivity index (χ1n) is 14.2. The van der Waals surface area contributed by atoms with Gasteiger partial charge in [-0.05, 0) is 55.5 Å². The molecule has 0 bridgehead atoms. The third-order valence-corrected chi connectivity index (χ3v) is 9.35. The lowest BCUT2D eigenvalue weighted by molar-refractivity contribution is -0.170. The van der Waals surface area contributed by atoms with Crippen LogP contribution in [0.2, 0.25) is 0 Å². The van der Waals surface area contributed by atoms with E-state index in [-0.39, 0.29) is 30.1 Å². The maximum absolute atomic E-state index is 13.8. The van der Waals surface area contributed by atoms with Crippen molar-refractivity contribution in [1.82, 2.24) is 9.79 Å². The number of nitrogens with one attached hydrogen (secondary N) is 1. The minimum absolute atomic E-state index is 0.0240. The van der Waals surface area contributed by atoms with E-state index in [1.165, 1.54) is 19.2 Å². The molecule has 12 nitrogen and oxygen atoms in total. The van der Waals surface area contributed by atoms with E-state index in [4.69, 9.17) is 28.5 Å². The van der Waals surface area contributed by atoms with Gasteiger partial charge < -0.3 is 34.1 Å². The maximum Gasteiger partial charge on any atom is 0.407 e. The number of carbonyl (C=O) groups excluding carboxylic acids is 1. The first-order chi connectivity index (χ1) is 20.3. The molecular formula is C29H38N2O10S. The molecule has 3 aliphatic rings. The minimum Gasteiger partial charge on any atom is -0.497 e. The van der Waals surface area contributed by atoms with E-state index >= 15 is 0 Å². The summed E-state index contributed by atoms with van der Waals surface area (Å²) in [5.41, 5.74) is 0.838. The van der Waals surface area contributed by atoms with Gasteiger partial charge in [-0.25, -0.2) is 13.2 Å². The smallest absolute Gasteiger partial charge is 0.407 e. The van der Waals surface area contributed by atoms with Gasteiger partial charge in [-0.1, -0.05) is 34.8 Å². The number of benzene rings is 2. The molecule has 3 saturated heterocycles. The summed E-state index contributed by atoms with van der Waals surface area (Å²) >= 11 is 0. The fraction of sp³-hybridized carbons (Fsp3) is 0.552. The van der Waals surface area contributed by atoms with E-state index in [0.717, 1.165) is 16.5 Å². The lowest BCUT2D eigenvalue weighted by atomic mass is 10.0. The van der Waals surface area contributed by atoms with Crippen molar-refractivity contribution < 1.29 is 46.8 Å². The monoisotopic (exact) mass is 606 g/mol. The van der Waals surface area contributed by atoms with Crippen LogP contribution in [0.5, 0.6) is 5.75 Å². The molecule has 2 N–H and O–H groups in total. The van der Waals surface area contributed by atoms with E-state index < -0.39 is 47.0 Å². The molecule has 13 heteroatoms. The molecule has 3 fully saturated rings. The third-order valence-electron chi connectivity index (χ3n) is 7.71. The second kappa shape index (κ2) is 14.1. The van der Waals surface area contributed by atoms with Gasteiger partial charge in [0.15, 0.2) is 6.29 Å². The Morgan fingerprint density at radius 3 is 2.50 bits per heavy atom. The van der Waals surface area contributed by atoms with Crippen molar-refractivity contribution in [3.63, 3.8) is 0 Å².